The highest BCUT2D eigenvalue weighted by atomic mass is 16.5. The maximum atomic E-state index is 6.10. The van der Waals surface area contributed by atoms with Gasteiger partial charge in [-0.05, 0) is 12.5 Å². The molecule has 17 heavy (non-hydrogen) atoms. The molecule has 0 aliphatic heterocycles. The Kier molecular flexibility index (Phi) is 3.77. The fourth-order valence-corrected chi connectivity index (χ4v) is 1.74. The monoisotopic (exact) mass is 231 g/mol. The van der Waals surface area contributed by atoms with Gasteiger partial charge in [-0.1, -0.05) is 18.2 Å². The van der Waals surface area contributed by atoms with Crippen LogP contribution in [0.2, 0.25) is 0 Å². The molecule has 0 amide bonds. The summed E-state index contributed by atoms with van der Waals surface area (Å²) < 4.78 is 4.99. The average molecular weight is 231 g/mol. The van der Waals surface area contributed by atoms with E-state index in [2.05, 4.69) is 10.3 Å². The smallest absolute Gasteiger partial charge is 0.0767 e. The van der Waals surface area contributed by atoms with Crippen molar-refractivity contribution in [3.05, 3.63) is 30.5 Å². The van der Waals surface area contributed by atoms with Crippen molar-refractivity contribution in [1.82, 2.24) is 4.98 Å². The molecule has 0 radical (unpaired) electrons. The number of nitrogens with one attached hydrogen (secondary N) is 1. The van der Waals surface area contributed by atoms with Gasteiger partial charge in [-0.2, -0.15) is 0 Å². The molecule has 1 aromatic heterocycles. The molecule has 2 rings (SSSR count). The summed E-state index contributed by atoms with van der Waals surface area (Å²) in [6, 6.07) is 7.87. The van der Waals surface area contributed by atoms with Gasteiger partial charge in [0.25, 0.3) is 0 Å². The molecule has 0 unspecified atom stereocenters. The third-order valence-corrected chi connectivity index (χ3v) is 2.66. The molecule has 0 spiro atoms. The Balaban J connectivity index is 2.15. The number of ether oxygens (including phenoxy) is 1. The normalized spacial score (nSPS) is 10.6. The quantitative estimate of drug-likeness (QED) is 0.775. The number of methoxy groups -OCH3 is 1. The number of rotatable bonds is 5. The fraction of sp³-hybridized carbons (Fsp3) is 0.308. The second-order valence-corrected chi connectivity index (χ2v) is 3.88. The molecule has 1 aromatic carbocycles. The fourth-order valence-electron chi connectivity index (χ4n) is 1.74. The molecule has 0 saturated carbocycles. The Morgan fingerprint density at radius 1 is 1.35 bits per heavy atom. The SMILES string of the molecule is COCCCNc1cnc2ccccc2c1N. The van der Waals surface area contributed by atoms with Crippen molar-refractivity contribution < 1.29 is 4.74 Å². The Morgan fingerprint density at radius 3 is 3.00 bits per heavy atom. The molecular formula is C13H17N3O. The van der Waals surface area contributed by atoms with Crippen molar-refractivity contribution in [3.8, 4) is 0 Å². The number of hydrogen-bond donors (Lipinski definition) is 2. The first kappa shape index (κ1) is 11.7. The van der Waals surface area contributed by atoms with Gasteiger partial charge in [-0.15, -0.1) is 0 Å². The molecule has 2 aromatic rings. The Labute approximate surface area is 101 Å². The highest BCUT2D eigenvalue weighted by Gasteiger charge is 2.04. The molecule has 1 heterocycles. The lowest BCUT2D eigenvalue weighted by atomic mass is 10.1. The first-order chi connectivity index (χ1) is 8.33. The van der Waals surface area contributed by atoms with Crippen LogP contribution in [-0.4, -0.2) is 25.2 Å². The molecule has 0 atom stereocenters. The number of nitrogens with two attached hydrogens (primary N) is 1. The second kappa shape index (κ2) is 5.50. The van der Waals surface area contributed by atoms with E-state index in [0.717, 1.165) is 41.9 Å². The van der Waals surface area contributed by atoms with Gasteiger partial charge < -0.3 is 15.8 Å². The zero-order chi connectivity index (χ0) is 12.1. The van der Waals surface area contributed by atoms with Gasteiger partial charge in [0.05, 0.1) is 23.1 Å². The van der Waals surface area contributed by atoms with Crippen LogP contribution in [0.1, 0.15) is 6.42 Å². The van der Waals surface area contributed by atoms with Crippen molar-refractivity contribution in [2.75, 3.05) is 31.3 Å². The molecule has 0 aliphatic rings. The molecule has 0 fully saturated rings. The van der Waals surface area contributed by atoms with E-state index in [9.17, 15) is 0 Å². The van der Waals surface area contributed by atoms with Crippen molar-refractivity contribution in [2.24, 2.45) is 0 Å². The number of pyridine rings is 1. The van der Waals surface area contributed by atoms with Crippen LogP contribution in [0, 0.1) is 0 Å². The summed E-state index contributed by atoms with van der Waals surface area (Å²) in [6.07, 6.45) is 2.73. The van der Waals surface area contributed by atoms with Crippen LogP contribution in [-0.2, 0) is 4.74 Å². The van der Waals surface area contributed by atoms with Gasteiger partial charge in [0.2, 0.25) is 0 Å². The third-order valence-electron chi connectivity index (χ3n) is 2.66. The first-order valence-corrected chi connectivity index (χ1v) is 5.69. The summed E-state index contributed by atoms with van der Waals surface area (Å²) in [6.45, 7) is 1.58. The van der Waals surface area contributed by atoms with Crippen LogP contribution in [0.25, 0.3) is 10.9 Å². The minimum absolute atomic E-state index is 0.744. The van der Waals surface area contributed by atoms with E-state index >= 15 is 0 Å². The van der Waals surface area contributed by atoms with Gasteiger partial charge in [0, 0.05) is 25.6 Å². The summed E-state index contributed by atoms with van der Waals surface area (Å²) >= 11 is 0. The van der Waals surface area contributed by atoms with E-state index in [-0.39, 0.29) is 0 Å². The van der Waals surface area contributed by atoms with E-state index in [1.165, 1.54) is 0 Å². The van der Waals surface area contributed by atoms with Gasteiger partial charge in [-0.25, -0.2) is 0 Å². The summed E-state index contributed by atoms with van der Waals surface area (Å²) in [5.74, 6) is 0. The maximum absolute atomic E-state index is 6.10. The summed E-state index contributed by atoms with van der Waals surface area (Å²) in [5, 5.41) is 4.26. The van der Waals surface area contributed by atoms with E-state index in [1.807, 2.05) is 24.3 Å². The van der Waals surface area contributed by atoms with Crippen LogP contribution < -0.4 is 11.1 Å². The van der Waals surface area contributed by atoms with Gasteiger partial charge in [0.1, 0.15) is 0 Å². The van der Waals surface area contributed by atoms with Crippen molar-refractivity contribution in [1.29, 1.82) is 0 Å². The van der Waals surface area contributed by atoms with Gasteiger partial charge in [-0.3, -0.25) is 4.98 Å². The first-order valence-electron chi connectivity index (χ1n) is 5.69. The summed E-state index contributed by atoms with van der Waals surface area (Å²) in [5.41, 5.74) is 8.67. The zero-order valence-corrected chi connectivity index (χ0v) is 9.94. The third kappa shape index (κ3) is 2.65. The van der Waals surface area contributed by atoms with Crippen LogP contribution in [0.5, 0.6) is 0 Å². The van der Waals surface area contributed by atoms with Crippen molar-refractivity contribution in [3.63, 3.8) is 0 Å². The van der Waals surface area contributed by atoms with Gasteiger partial charge in [0.15, 0.2) is 0 Å². The maximum Gasteiger partial charge on any atom is 0.0767 e. The Bertz CT molecular complexity index is 499. The molecule has 0 saturated heterocycles. The predicted molar refractivity (Wildman–Crippen MR) is 71.1 cm³/mol. The summed E-state index contributed by atoms with van der Waals surface area (Å²) in [4.78, 5) is 4.37. The van der Waals surface area contributed by atoms with Crippen molar-refractivity contribution >= 4 is 22.3 Å². The molecule has 4 nitrogen and oxygen atoms in total. The van der Waals surface area contributed by atoms with E-state index in [4.69, 9.17) is 10.5 Å². The number of para-hydroxylation sites is 1. The molecule has 3 N–H and O–H groups in total. The average Bonchev–Trinajstić information content (AvgIpc) is 2.37. The Morgan fingerprint density at radius 2 is 2.18 bits per heavy atom. The van der Waals surface area contributed by atoms with Crippen LogP contribution in [0.15, 0.2) is 30.5 Å². The molecule has 0 aliphatic carbocycles. The highest BCUT2D eigenvalue weighted by Crippen LogP contribution is 2.26. The number of anilines is 2. The van der Waals surface area contributed by atoms with Crippen molar-refractivity contribution in [2.45, 2.75) is 6.42 Å². The largest absolute Gasteiger partial charge is 0.396 e. The van der Waals surface area contributed by atoms with Crippen LogP contribution >= 0.6 is 0 Å². The Hall–Kier alpha value is -1.81. The summed E-state index contributed by atoms with van der Waals surface area (Å²) in [7, 11) is 1.70. The van der Waals surface area contributed by atoms with Gasteiger partial charge >= 0.3 is 0 Å². The number of nitrogen functional groups attached to an aromatic ring is 1. The minimum atomic E-state index is 0.744. The number of benzene rings is 1. The molecule has 90 valence electrons. The topological polar surface area (TPSA) is 60.2 Å². The lowest BCUT2D eigenvalue weighted by Gasteiger charge is -2.10. The highest BCUT2D eigenvalue weighted by molar-refractivity contribution is 5.96. The van der Waals surface area contributed by atoms with E-state index in [0.29, 0.717) is 0 Å². The zero-order valence-electron chi connectivity index (χ0n) is 9.94. The van der Waals surface area contributed by atoms with Crippen LogP contribution in [0.3, 0.4) is 0 Å². The number of nitrogens with zero attached hydrogens (tertiary/aromatic N) is 1. The number of aromatic nitrogens is 1. The number of fused-ring (bicyclic) bond motifs is 1. The predicted octanol–water partition coefficient (Wildman–Crippen LogP) is 2.27. The van der Waals surface area contributed by atoms with E-state index in [1.54, 1.807) is 13.3 Å². The lowest BCUT2D eigenvalue weighted by Crippen LogP contribution is -2.07. The standard InChI is InChI=1S/C13H17N3O/c1-17-8-4-7-15-12-9-16-11-6-3-2-5-10(11)13(12)14/h2-3,5-6,9,15H,4,7-8H2,1H3,(H2,14,16). The molecule has 4 heteroatoms. The minimum Gasteiger partial charge on any atom is -0.396 e. The van der Waals surface area contributed by atoms with Crippen LogP contribution in [0.4, 0.5) is 11.4 Å². The second-order valence-electron chi connectivity index (χ2n) is 3.88. The molecular weight excluding hydrogens is 214 g/mol. The molecule has 0 bridgehead atoms. The van der Waals surface area contributed by atoms with E-state index < -0.39 is 0 Å². The number of hydrogen-bond acceptors (Lipinski definition) is 4. The lowest BCUT2D eigenvalue weighted by molar-refractivity contribution is 0.198.